The Morgan fingerprint density at radius 2 is 2.38 bits per heavy atom. The summed E-state index contributed by atoms with van der Waals surface area (Å²) in [7, 11) is 0. The van der Waals surface area contributed by atoms with Crippen molar-refractivity contribution in [2.45, 2.75) is 32.3 Å². The number of likely N-dealkylation sites (tertiary alicyclic amines) is 1. The summed E-state index contributed by atoms with van der Waals surface area (Å²) in [6.45, 7) is 3.18. The summed E-state index contributed by atoms with van der Waals surface area (Å²) in [5, 5.41) is 13.5. The first-order valence-electron chi connectivity index (χ1n) is 7.02. The van der Waals surface area contributed by atoms with E-state index in [0.717, 1.165) is 22.7 Å². The Bertz CT molecular complexity index is 635. The van der Waals surface area contributed by atoms with Gasteiger partial charge in [-0.2, -0.15) is 4.98 Å². The first kappa shape index (κ1) is 14.2. The highest BCUT2D eigenvalue weighted by molar-refractivity contribution is 7.15. The molecule has 1 saturated heterocycles. The Morgan fingerprint density at radius 1 is 1.52 bits per heavy atom. The van der Waals surface area contributed by atoms with E-state index in [0.29, 0.717) is 31.1 Å². The molecule has 1 amide bonds. The maximum Gasteiger partial charge on any atom is 0.228 e. The van der Waals surface area contributed by atoms with Gasteiger partial charge in [-0.05, 0) is 25.5 Å². The predicted molar refractivity (Wildman–Crippen MR) is 77.8 cm³/mol. The van der Waals surface area contributed by atoms with E-state index in [4.69, 9.17) is 4.52 Å². The number of amides is 1. The minimum absolute atomic E-state index is 0.203. The third-order valence-electron chi connectivity index (χ3n) is 3.49. The van der Waals surface area contributed by atoms with E-state index in [2.05, 4.69) is 10.1 Å². The average molecular weight is 307 g/mol. The summed E-state index contributed by atoms with van der Waals surface area (Å²) in [6.07, 6.45) is 1.67. The number of rotatable bonds is 5. The van der Waals surface area contributed by atoms with Gasteiger partial charge in [0.2, 0.25) is 17.6 Å². The van der Waals surface area contributed by atoms with Gasteiger partial charge in [-0.1, -0.05) is 5.16 Å². The van der Waals surface area contributed by atoms with E-state index < -0.39 is 6.10 Å². The molecule has 7 heteroatoms. The molecular formula is C14H17N3O3S. The average Bonchev–Trinajstić information content (AvgIpc) is 3.16. The first-order valence-corrected chi connectivity index (χ1v) is 7.83. The molecule has 3 heterocycles. The van der Waals surface area contributed by atoms with Crippen LogP contribution < -0.4 is 0 Å². The highest BCUT2D eigenvalue weighted by Gasteiger charge is 2.20. The molecule has 2 aromatic heterocycles. The standard InChI is InChI=1S/C14H17N3O3S/c1-9(18)10-4-5-11(21-10)14-15-12(20-16-14)6-8-17-7-2-3-13(17)19/h4-5,9,18H,2-3,6-8H2,1H3. The minimum atomic E-state index is -0.490. The molecule has 1 aliphatic rings. The lowest BCUT2D eigenvalue weighted by molar-refractivity contribution is -0.127. The third-order valence-corrected chi connectivity index (χ3v) is 4.75. The van der Waals surface area contributed by atoms with Crippen LogP contribution in [0.2, 0.25) is 0 Å². The van der Waals surface area contributed by atoms with Crippen LogP contribution in [0, 0.1) is 0 Å². The quantitative estimate of drug-likeness (QED) is 0.914. The van der Waals surface area contributed by atoms with Crippen LogP contribution in [0.15, 0.2) is 16.7 Å². The molecule has 2 aromatic rings. The van der Waals surface area contributed by atoms with Gasteiger partial charge in [0.15, 0.2) is 0 Å². The van der Waals surface area contributed by atoms with Crippen molar-refractivity contribution in [2.24, 2.45) is 0 Å². The summed E-state index contributed by atoms with van der Waals surface area (Å²) in [4.78, 5) is 19.5. The van der Waals surface area contributed by atoms with E-state index >= 15 is 0 Å². The van der Waals surface area contributed by atoms with Crippen molar-refractivity contribution in [1.82, 2.24) is 15.0 Å². The zero-order valence-corrected chi connectivity index (χ0v) is 12.6. The number of thiophene rings is 1. The fourth-order valence-electron chi connectivity index (χ4n) is 2.33. The van der Waals surface area contributed by atoms with Crippen molar-refractivity contribution in [3.05, 3.63) is 22.9 Å². The molecule has 3 rings (SSSR count). The SMILES string of the molecule is CC(O)c1ccc(-c2noc(CCN3CCCC3=O)n2)s1. The molecule has 1 aliphatic heterocycles. The number of hydrogen-bond donors (Lipinski definition) is 1. The molecule has 1 atom stereocenters. The van der Waals surface area contributed by atoms with Gasteiger partial charge in [0.05, 0.1) is 11.0 Å². The van der Waals surface area contributed by atoms with E-state index in [1.165, 1.54) is 11.3 Å². The van der Waals surface area contributed by atoms with Gasteiger partial charge in [-0.25, -0.2) is 0 Å². The van der Waals surface area contributed by atoms with Gasteiger partial charge in [-0.3, -0.25) is 4.79 Å². The van der Waals surface area contributed by atoms with E-state index in [1.54, 1.807) is 6.92 Å². The summed E-state index contributed by atoms with van der Waals surface area (Å²) < 4.78 is 5.23. The van der Waals surface area contributed by atoms with Crippen molar-refractivity contribution in [2.75, 3.05) is 13.1 Å². The second kappa shape index (κ2) is 5.95. The molecule has 112 valence electrons. The molecule has 0 bridgehead atoms. The van der Waals surface area contributed by atoms with Crippen molar-refractivity contribution >= 4 is 17.2 Å². The van der Waals surface area contributed by atoms with Crippen molar-refractivity contribution in [1.29, 1.82) is 0 Å². The maximum absolute atomic E-state index is 11.5. The number of hydrogen-bond acceptors (Lipinski definition) is 6. The highest BCUT2D eigenvalue weighted by atomic mass is 32.1. The van der Waals surface area contributed by atoms with Crippen LogP contribution in [0.5, 0.6) is 0 Å². The molecule has 1 N–H and O–H groups in total. The molecule has 0 saturated carbocycles. The number of aliphatic hydroxyl groups is 1. The smallest absolute Gasteiger partial charge is 0.228 e. The van der Waals surface area contributed by atoms with E-state index in [-0.39, 0.29) is 5.91 Å². The van der Waals surface area contributed by atoms with Crippen LogP contribution in [-0.4, -0.2) is 39.1 Å². The Morgan fingerprint density at radius 3 is 3.05 bits per heavy atom. The Kier molecular flexibility index (Phi) is 4.03. The predicted octanol–water partition coefficient (Wildman–Crippen LogP) is 2.02. The second-order valence-electron chi connectivity index (χ2n) is 5.12. The highest BCUT2D eigenvalue weighted by Crippen LogP contribution is 2.29. The van der Waals surface area contributed by atoms with Crippen LogP contribution >= 0.6 is 11.3 Å². The lowest BCUT2D eigenvalue weighted by Gasteiger charge is -2.13. The lowest BCUT2D eigenvalue weighted by Crippen LogP contribution is -2.26. The van der Waals surface area contributed by atoms with Crippen LogP contribution in [0.4, 0.5) is 0 Å². The van der Waals surface area contributed by atoms with Crippen molar-refractivity contribution < 1.29 is 14.4 Å². The first-order chi connectivity index (χ1) is 10.1. The normalized spacial score (nSPS) is 16.7. The summed E-state index contributed by atoms with van der Waals surface area (Å²) in [5.41, 5.74) is 0. The Hall–Kier alpha value is -1.73. The molecule has 1 unspecified atom stereocenters. The van der Waals surface area contributed by atoms with Gasteiger partial charge < -0.3 is 14.5 Å². The van der Waals surface area contributed by atoms with Crippen LogP contribution in [0.3, 0.4) is 0 Å². The van der Waals surface area contributed by atoms with Gasteiger partial charge in [0.1, 0.15) is 0 Å². The molecule has 6 nitrogen and oxygen atoms in total. The monoisotopic (exact) mass is 307 g/mol. The molecule has 0 aromatic carbocycles. The molecule has 0 aliphatic carbocycles. The molecule has 1 fully saturated rings. The lowest BCUT2D eigenvalue weighted by atomic mass is 10.3. The van der Waals surface area contributed by atoms with Gasteiger partial charge in [0.25, 0.3) is 0 Å². The number of carbonyl (C=O) groups excluding carboxylic acids is 1. The molecule has 0 radical (unpaired) electrons. The third kappa shape index (κ3) is 3.14. The fraction of sp³-hybridized carbons (Fsp3) is 0.500. The number of carbonyl (C=O) groups is 1. The van der Waals surface area contributed by atoms with Gasteiger partial charge >= 0.3 is 0 Å². The van der Waals surface area contributed by atoms with Gasteiger partial charge in [0, 0.05) is 30.8 Å². The maximum atomic E-state index is 11.5. The Balaban J connectivity index is 1.64. The summed E-state index contributed by atoms with van der Waals surface area (Å²) >= 11 is 1.45. The zero-order chi connectivity index (χ0) is 14.8. The topological polar surface area (TPSA) is 79.5 Å². The van der Waals surface area contributed by atoms with Crippen molar-refractivity contribution in [3.8, 4) is 10.7 Å². The summed E-state index contributed by atoms with van der Waals surface area (Å²) in [5.74, 6) is 1.28. The number of aliphatic hydroxyl groups excluding tert-OH is 1. The molecular weight excluding hydrogens is 290 g/mol. The molecule has 21 heavy (non-hydrogen) atoms. The molecule has 0 spiro atoms. The van der Waals surface area contributed by atoms with E-state index in [1.807, 2.05) is 17.0 Å². The van der Waals surface area contributed by atoms with Crippen LogP contribution in [0.25, 0.3) is 10.7 Å². The van der Waals surface area contributed by atoms with E-state index in [9.17, 15) is 9.90 Å². The largest absolute Gasteiger partial charge is 0.388 e. The second-order valence-corrected chi connectivity index (χ2v) is 6.24. The Labute approximate surface area is 126 Å². The zero-order valence-electron chi connectivity index (χ0n) is 11.8. The summed E-state index contributed by atoms with van der Waals surface area (Å²) in [6, 6.07) is 3.74. The number of aromatic nitrogens is 2. The van der Waals surface area contributed by atoms with Crippen LogP contribution in [0.1, 0.15) is 36.6 Å². The van der Waals surface area contributed by atoms with Crippen LogP contribution in [-0.2, 0) is 11.2 Å². The van der Waals surface area contributed by atoms with Crippen molar-refractivity contribution in [3.63, 3.8) is 0 Å². The van der Waals surface area contributed by atoms with Gasteiger partial charge in [-0.15, -0.1) is 11.3 Å². The number of nitrogens with zero attached hydrogens (tertiary/aromatic N) is 3. The minimum Gasteiger partial charge on any atom is -0.388 e. The fourth-order valence-corrected chi connectivity index (χ4v) is 3.20.